The molecule has 1 aliphatic heterocycles. The predicted octanol–water partition coefficient (Wildman–Crippen LogP) is 5.67. The number of benzodiazepines with no additional fused rings is 1. The van der Waals surface area contributed by atoms with Crippen LogP contribution in [0.5, 0.6) is 0 Å². The van der Waals surface area contributed by atoms with Crippen LogP contribution in [0.1, 0.15) is 48.8 Å². The number of aryl methyl sites for hydroxylation is 1. The Morgan fingerprint density at radius 1 is 1.02 bits per heavy atom. The number of rotatable bonds is 10. The molecule has 222 valence electrons. The minimum absolute atomic E-state index is 0.243. The molecule has 0 unspecified atom stereocenters. The number of carbonyl (C=O) groups excluding carboxylic acids is 3. The van der Waals surface area contributed by atoms with Gasteiger partial charge in [0.15, 0.2) is 0 Å². The van der Waals surface area contributed by atoms with Crippen LogP contribution in [-0.4, -0.2) is 42.0 Å². The van der Waals surface area contributed by atoms with E-state index in [0.717, 1.165) is 0 Å². The topological polar surface area (TPSA) is 114 Å². The van der Waals surface area contributed by atoms with E-state index in [1.807, 2.05) is 0 Å². The third-order valence-electron chi connectivity index (χ3n) is 6.56. The molecule has 0 aliphatic carbocycles. The maximum absolute atomic E-state index is 13.4. The summed E-state index contributed by atoms with van der Waals surface area (Å²) >= 11 is 6.15. The van der Waals surface area contributed by atoms with Gasteiger partial charge in [-0.2, -0.15) is 26.3 Å². The number of nitrogens with one attached hydrogen (secondary N) is 2. The number of aliphatic imine (C=N–C) groups is 1. The number of primary amides is 1. The highest BCUT2D eigenvalue weighted by atomic mass is 35.5. The SMILES string of the molecule is Cc1cccc2c1NC(=O)[C@@H](NC(=O)[C@H](CCCC(F)(F)F)[C@H](CCC(F)(F)F)C(N)=O)N=C2c1cccc(Cl)c1. The van der Waals surface area contributed by atoms with E-state index in [9.17, 15) is 40.7 Å². The molecular formula is C27H27ClF6N4O3. The zero-order valence-corrected chi connectivity index (χ0v) is 22.5. The van der Waals surface area contributed by atoms with Crippen LogP contribution in [0.3, 0.4) is 0 Å². The number of para-hydroxylation sites is 1. The Morgan fingerprint density at radius 3 is 2.29 bits per heavy atom. The van der Waals surface area contributed by atoms with Gasteiger partial charge in [-0.25, -0.2) is 4.99 Å². The second kappa shape index (κ2) is 12.9. The molecule has 0 saturated heterocycles. The molecule has 1 heterocycles. The summed E-state index contributed by atoms with van der Waals surface area (Å²) in [6.07, 6.45) is -16.0. The molecule has 0 spiro atoms. The lowest BCUT2D eigenvalue weighted by molar-refractivity contribution is -0.147. The maximum atomic E-state index is 13.4. The van der Waals surface area contributed by atoms with Gasteiger partial charge in [-0.05, 0) is 43.9 Å². The third kappa shape index (κ3) is 8.94. The van der Waals surface area contributed by atoms with E-state index in [1.165, 1.54) is 0 Å². The van der Waals surface area contributed by atoms with Gasteiger partial charge in [0, 0.05) is 40.8 Å². The standard InChI is InChI=1S/C27H27ClF6N4O3/c1-14-5-2-8-19-20(14)37-25(41)23(36-21(19)15-6-3-7-16(28)13-15)38-24(40)18(9-4-11-26(29,30)31)17(22(35)39)10-12-27(32,33)34/h2-3,5-8,13,17-18,23H,4,9-12H2,1H3,(H2,35,39)(H,37,41)(H,38,40)/t17-,18+,23+/m0/s1. The average molecular weight is 605 g/mol. The van der Waals surface area contributed by atoms with Crippen LogP contribution >= 0.6 is 11.6 Å². The lowest BCUT2D eigenvalue weighted by Gasteiger charge is -2.26. The Balaban J connectivity index is 1.99. The molecule has 3 atom stereocenters. The number of halogens is 7. The largest absolute Gasteiger partial charge is 0.389 e. The minimum Gasteiger partial charge on any atom is -0.369 e. The quantitative estimate of drug-likeness (QED) is 0.304. The molecule has 14 heteroatoms. The van der Waals surface area contributed by atoms with E-state index in [2.05, 4.69) is 15.6 Å². The highest BCUT2D eigenvalue weighted by molar-refractivity contribution is 6.31. The first-order valence-electron chi connectivity index (χ1n) is 12.5. The van der Waals surface area contributed by atoms with Crippen LogP contribution in [-0.2, 0) is 14.4 Å². The Kier molecular flexibility index (Phi) is 10.1. The van der Waals surface area contributed by atoms with Crippen LogP contribution in [0.25, 0.3) is 0 Å². The van der Waals surface area contributed by atoms with Gasteiger partial charge < -0.3 is 16.4 Å². The highest BCUT2D eigenvalue weighted by Gasteiger charge is 2.39. The van der Waals surface area contributed by atoms with E-state index in [1.54, 1.807) is 49.4 Å². The third-order valence-corrected chi connectivity index (χ3v) is 6.80. The molecule has 0 saturated carbocycles. The number of benzene rings is 2. The van der Waals surface area contributed by atoms with Crippen molar-refractivity contribution in [2.45, 2.75) is 57.5 Å². The minimum atomic E-state index is -4.71. The van der Waals surface area contributed by atoms with Gasteiger partial charge in [0.05, 0.1) is 11.4 Å². The van der Waals surface area contributed by atoms with Crippen molar-refractivity contribution in [2.24, 2.45) is 22.6 Å². The second-order valence-corrected chi connectivity index (χ2v) is 10.1. The molecule has 7 nitrogen and oxygen atoms in total. The number of nitrogens with zero attached hydrogens (tertiary/aromatic N) is 1. The monoisotopic (exact) mass is 604 g/mol. The van der Waals surface area contributed by atoms with Crippen LogP contribution in [0.15, 0.2) is 47.5 Å². The van der Waals surface area contributed by atoms with E-state index in [-0.39, 0.29) is 5.71 Å². The number of amides is 3. The first-order valence-corrected chi connectivity index (χ1v) is 12.9. The molecule has 0 bridgehead atoms. The van der Waals surface area contributed by atoms with Gasteiger partial charge in [-0.1, -0.05) is 41.9 Å². The Morgan fingerprint density at radius 2 is 1.68 bits per heavy atom. The van der Waals surface area contributed by atoms with Crippen molar-refractivity contribution >= 4 is 40.7 Å². The average Bonchev–Trinajstić information content (AvgIpc) is 2.98. The molecule has 1 aliphatic rings. The lowest BCUT2D eigenvalue weighted by atomic mass is 9.83. The normalized spacial score (nSPS) is 17.0. The Labute approximate surface area is 236 Å². The number of hydrogen-bond acceptors (Lipinski definition) is 4. The summed E-state index contributed by atoms with van der Waals surface area (Å²) in [5.41, 5.74) is 7.55. The predicted molar refractivity (Wildman–Crippen MR) is 140 cm³/mol. The maximum Gasteiger partial charge on any atom is 0.389 e. The summed E-state index contributed by atoms with van der Waals surface area (Å²) in [7, 11) is 0. The van der Waals surface area contributed by atoms with Gasteiger partial charge >= 0.3 is 12.4 Å². The molecule has 3 rings (SSSR count). The fraction of sp³-hybridized carbons (Fsp3) is 0.407. The zero-order valence-electron chi connectivity index (χ0n) is 21.7. The lowest BCUT2D eigenvalue weighted by Crippen LogP contribution is -2.48. The highest BCUT2D eigenvalue weighted by Crippen LogP contribution is 2.32. The second-order valence-electron chi connectivity index (χ2n) is 9.66. The molecule has 0 aromatic heterocycles. The van der Waals surface area contributed by atoms with Gasteiger partial charge in [0.25, 0.3) is 5.91 Å². The van der Waals surface area contributed by atoms with Crippen molar-refractivity contribution in [1.29, 1.82) is 0 Å². The molecule has 2 aromatic carbocycles. The molecule has 41 heavy (non-hydrogen) atoms. The van der Waals surface area contributed by atoms with Gasteiger partial charge in [0.1, 0.15) is 0 Å². The van der Waals surface area contributed by atoms with Gasteiger partial charge in [-0.15, -0.1) is 0 Å². The summed E-state index contributed by atoms with van der Waals surface area (Å²) in [6, 6.07) is 11.6. The van der Waals surface area contributed by atoms with E-state index >= 15 is 0 Å². The zero-order chi connectivity index (χ0) is 30.5. The summed E-state index contributed by atoms with van der Waals surface area (Å²) in [5.74, 6) is -6.64. The number of fused-ring (bicyclic) bond motifs is 1. The van der Waals surface area contributed by atoms with E-state index < -0.39 is 80.2 Å². The summed E-state index contributed by atoms with van der Waals surface area (Å²) in [4.78, 5) is 43.1. The smallest absolute Gasteiger partial charge is 0.369 e. The molecular weight excluding hydrogens is 578 g/mol. The fourth-order valence-corrected chi connectivity index (χ4v) is 4.77. The molecule has 3 amide bonds. The number of anilines is 1. The van der Waals surface area contributed by atoms with Crippen molar-refractivity contribution in [1.82, 2.24) is 5.32 Å². The number of nitrogens with two attached hydrogens (primary N) is 1. The van der Waals surface area contributed by atoms with Crippen LogP contribution < -0.4 is 16.4 Å². The van der Waals surface area contributed by atoms with Crippen molar-refractivity contribution in [3.8, 4) is 0 Å². The molecule has 2 aromatic rings. The van der Waals surface area contributed by atoms with Crippen molar-refractivity contribution in [3.05, 3.63) is 64.2 Å². The fourth-order valence-electron chi connectivity index (χ4n) is 4.58. The van der Waals surface area contributed by atoms with Gasteiger partial charge in [-0.3, -0.25) is 14.4 Å². The van der Waals surface area contributed by atoms with E-state index in [0.29, 0.717) is 27.4 Å². The summed E-state index contributed by atoms with van der Waals surface area (Å²) in [6.45, 7) is 1.72. The molecule has 0 fully saturated rings. The summed E-state index contributed by atoms with van der Waals surface area (Å²) in [5, 5.41) is 5.33. The summed E-state index contributed by atoms with van der Waals surface area (Å²) < 4.78 is 77.2. The van der Waals surface area contributed by atoms with Crippen molar-refractivity contribution in [3.63, 3.8) is 0 Å². The van der Waals surface area contributed by atoms with Crippen molar-refractivity contribution in [2.75, 3.05) is 5.32 Å². The molecule has 4 N–H and O–H groups in total. The first kappa shape index (κ1) is 31.9. The van der Waals surface area contributed by atoms with Crippen molar-refractivity contribution < 1.29 is 40.7 Å². The van der Waals surface area contributed by atoms with Crippen LogP contribution in [0.2, 0.25) is 5.02 Å². The molecule has 0 radical (unpaired) electrons. The van der Waals surface area contributed by atoms with Gasteiger partial charge in [0.2, 0.25) is 18.0 Å². The Hall–Kier alpha value is -3.61. The number of alkyl halides is 6. The van der Waals surface area contributed by atoms with Crippen LogP contribution in [0, 0.1) is 18.8 Å². The van der Waals surface area contributed by atoms with Crippen LogP contribution in [0.4, 0.5) is 32.0 Å². The van der Waals surface area contributed by atoms with E-state index in [4.69, 9.17) is 17.3 Å². The first-order chi connectivity index (χ1) is 19.1. The number of carbonyl (C=O) groups is 3. The number of hydrogen-bond donors (Lipinski definition) is 3. The Bertz CT molecular complexity index is 1330.